The maximum atomic E-state index is 5.72. The predicted molar refractivity (Wildman–Crippen MR) is 82.9 cm³/mol. The van der Waals surface area contributed by atoms with Crippen LogP contribution in [0.3, 0.4) is 0 Å². The number of rotatable bonds is 5. The molecule has 0 radical (unpaired) electrons. The van der Waals surface area contributed by atoms with Gasteiger partial charge < -0.3 is 4.74 Å². The minimum absolute atomic E-state index is 0.145. The van der Waals surface area contributed by atoms with Gasteiger partial charge in [0.1, 0.15) is 5.75 Å². The molecule has 3 nitrogen and oxygen atoms in total. The summed E-state index contributed by atoms with van der Waals surface area (Å²) in [5.74, 6) is 7.64. The number of benzene rings is 2. The molecule has 0 saturated carbocycles. The summed E-state index contributed by atoms with van der Waals surface area (Å²) in [4.78, 5) is 1.26. The van der Waals surface area contributed by atoms with Crippen molar-refractivity contribution in [2.24, 2.45) is 5.84 Å². The molecule has 2 aromatic carbocycles. The molecule has 0 fully saturated rings. The zero-order valence-corrected chi connectivity index (χ0v) is 12.0. The van der Waals surface area contributed by atoms with Crippen molar-refractivity contribution in [1.29, 1.82) is 0 Å². The van der Waals surface area contributed by atoms with Crippen LogP contribution in [-0.4, -0.2) is 12.4 Å². The Morgan fingerprint density at radius 2 is 2.05 bits per heavy atom. The smallest absolute Gasteiger partial charge is 0.122 e. The lowest BCUT2D eigenvalue weighted by Crippen LogP contribution is -2.29. The van der Waals surface area contributed by atoms with Gasteiger partial charge in [0.05, 0.1) is 12.6 Å². The molecular weight excluding hydrogens is 268 g/mol. The normalized spacial score (nSPS) is 14.7. The van der Waals surface area contributed by atoms with Crippen LogP contribution in [0.5, 0.6) is 5.75 Å². The number of nitrogens with two attached hydrogens (primary N) is 1. The van der Waals surface area contributed by atoms with Crippen LogP contribution < -0.4 is 16.0 Å². The van der Waals surface area contributed by atoms with Crippen LogP contribution >= 0.6 is 11.8 Å². The Balaban J connectivity index is 1.70. The summed E-state index contributed by atoms with van der Waals surface area (Å²) in [6, 6.07) is 16.9. The molecule has 20 heavy (non-hydrogen) atoms. The molecule has 1 aliphatic heterocycles. The monoisotopic (exact) mass is 286 g/mol. The Bertz CT molecular complexity index is 574. The van der Waals surface area contributed by atoms with Crippen molar-refractivity contribution in [3.8, 4) is 5.75 Å². The van der Waals surface area contributed by atoms with E-state index in [0.29, 0.717) is 0 Å². The largest absolute Gasteiger partial charge is 0.493 e. The van der Waals surface area contributed by atoms with Gasteiger partial charge in [-0.15, -0.1) is 11.8 Å². The highest BCUT2D eigenvalue weighted by molar-refractivity contribution is 7.99. The van der Waals surface area contributed by atoms with Crippen LogP contribution in [0.2, 0.25) is 0 Å². The van der Waals surface area contributed by atoms with E-state index in [1.165, 1.54) is 16.0 Å². The SMILES string of the molecule is NNC(CSc1ccccc1)c1ccc2c(c1)CCO2. The molecule has 1 aliphatic rings. The first-order chi connectivity index (χ1) is 9.86. The lowest BCUT2D eigenvalue weighted by atomic mass is 10.0. The minimum Gasteiger partial charge on any atom is -0.493 e. The molecule has 3 rings (SSSR count). The average molecular weight is 286 g/mol. The molecule has 0 amide bonds. The van der Waals surface area contributed by atoms with Crippen LogP contribution in [0.15, 0.2) is 53.4 Å². The standard InChI is InChI=1S/C16H18N2OS/c17-18-15(11-20-14-4-2-1-3-5-14)12-6-7-16-13(10-12)8-9-19-16/h1-7,10,15,18H,8-9,11,17H2. The molecule has 0 bridgehead atoms. The van der Waals surface area contributed by atoms with Gasteiger partial charge in [-0.05, 0) is 29.3 Å². The van der Waals surface area contributed by atoms with Crippen molar-refractivity contribution >= 4 is 11.8 Å². The van der Waals surface area contributed by atoms with Gasteiger partial charge in [0.2, 0.25) is 0 Å². The Hall–Kier alpha value is -1.49. The zero-order chi connectivity index (χ0) is 13.8. The molecule has 4 heteroatoms. The second-order valence-corrected chi connectivity index (χ2v) is 5.90. The zero-order valence-electron chi connectivity index (χ0n) is 11.2. The van der Waals surface area contributed by atoms with Crippen molar-refractivity contribution in [2.75, 3.05) is 12.4 Å². The minimum atomic E-state index is 0.145. The van der Waals surface area contributed by atoms with Crippen LogP contribution in [0.25, 0.3) is 0 Å². The van der Waals surface area contributed by atoms with Gasteiger partial charge >= 0.3 is 0 Å². The Kier molecular flexibility index (Phi) is 4.25. The molecule has 104 valence electrons. The molecule has 2 aromatic rings. The molecular formula is C16H18N2OS. The molecule has 3 N–H and O–H groups in total. The van der Waals surface area contributed by atoms with E-state index < -0.39 is 0 Å². The van der Waals surface area contributed by atoms with E-state index in [2.05, 4.69) is 47.9 Å². The predicted octanol–water partition coefficient (Wildman–Crippen LogP) is 2.92. The molecule has 1 atom stereocenters. The Morgan fingerprint density at radius 3 is 2.85 bits per heavy atom. The van der Waals surface area contributed by atoms with Gasteiger partial charge in [-0.25, -0.2) is 0 Å². The molecule has 0 aromatic heterocycles. The first-order valence-electron chi connectivity index (χ1n) is 6.76. The first-order valence-corrected chi connectivity index (χ1v) is 7.75. The van der Waals surface area contributed by atoms with Gasteiger partial charge in [0, 0.05) is 17.1 Å². The lowest BCUT2D eigenvalue weighted by Gasteiger charge is -2.16. The highest BCUT2D eigenvalue weighted by Crippen LogP contribution is 2.30. The second kappa shape index (κ2) is 6.31. The van der Waals surface area contributed by atoms with E-state index in [1.54, 1.807) is 0 Å². The van der Waals surface area contributed by atoms with Crippen LogP contribution in [0.4, 0.5) is 0 Å². The van der Waals surface area contributed by atoms with Gasteiger partial charge in [0.15, 0.2) is 0 Å². The fraction of sp³-hybridized carbons (Fsp3) is 0.250. The maximum absolute atomic E-state index is 5.72. The number of fused-ring (bicyclic) bond motifs is 1. The third kappa shape index (κ3) is 2.98. The summed E-state index contributed by atoms with van der Waals surface area (Å²) in [7, 11) is 0. The molecule has 0 saturated heterocycles. The van der Waals surface area contributed by atoms with Crippen LogP contribution in [0.1, 0.15) is 17.2 Å². The van der Waals surface area contributed by atoms with E-state index in [1.807, 2.05) is 17.8 Å². The van der Waals surface area contributed by atoms with Crippen molar-refractivity contribution < 1.29 is 4.74 Å². The van der Waals surface area contributed by atoms with E-state index in [9.17, 15) is 0 Å². The number of hydrogen-bond donors (Lipinski definition) is 2. The van der Waals surface area contributed by atoms with E-state index >= 15 is 0 Å². The quantitative estimate of drug-likeness (QED) is 0.504. The van der Waals surface area contributed by atoms with Gasteiger partial charge in [0.25, 0.3) is 0 Å². The molecule has 0 spiro atoms. The number of hydrogen-bond acceptors (Lipinski definition) is 4. The highest BCUT2D eigenvalue weighted by Gasteiger charge is 2.16. The number of thioether (sulfide) groups is 1. The van der Waals surface area contributed by atoms with Crippen molar-refractivity contribution in [2.45, 2.75) is 17.4 Å². The third-order valence-electron chi connectivity index (χ3n) is 3.48. The summed E-state index contributed by atoms with van der Waals surface area (Å²) >= 11 is 1.81. The Morgan fingerprint density at radius 1 is 1.20 bits per heavy atom. The summed E-state index contributed by atoms with van der Waals surface area (Å²) in [6.07, 6.45) is 0.992. The number of nitrogens with one attached hydrogen (secondary N) is 1. The number of ether oxygens (including phenoxy) is 1. The van der Waals surface area contributed by atoms with Crippen molar-refractivity contribution in [3.05, 3.63) is 59.7 Å². The van der Waals surface area contributed by atoms with Crippen molar-refractivity contribution in [1.82, 2.24) is 5.43 Å². The number of hydrazine groups is 1. The summed E-state index contributed by atoms with van der Waals surface area (Å²) in [5.41, 5.74) is 5.43. The summed E-state index contributed by atoms with van der Waals surface area (Å²) in [6.45, 7) is 0.790. The molecule has 1 unspecified atom stereocenters. The fourth-order valence-electron chi connectivity index (χ4n) is 2.36. The van der Waals surface area contributed by atoms with Gasteiger partial charge in [-0.2, -0.15) is 0 Å². The summed E-state index contributed by atoms with van der Waals surface area (Å²) < 4.78 is 5.54. The lowest BCUT2D eigenvalue weighted by molar-refractivity contribution is 0.356. The summed E-state index contributed by atoms with van der Waals surface area (Å²) in [5, 5.41) is 0. The van der Waals surface area contributed by atoms with Crippen molar-refractivity contribution in [3.63, 3.8) is 0 Å². The molecule has 1 heterocycles. The van der Waals surface area contributed by atoms with Gasteiger partial charge in [-0.1, -0.05) is 30.3 Å². The maximum Gasteiger partial charge on any atom is 0.122 e. The third-order valence-corrected chi connectivity index (χ3v) is 4.58. The molecule has 0 aliphatic carbocycles. The second-order valence-electron chi connectivity index (χ2n) is 4.81. The van der Waals surface area contributed by atoms with Gasteiger partial charge in [-0.3, -0.25) is 11.3 Å². The van der Waals surface area contributed by atoms with E-state index in [-0.39, 0.29) is 6.04 Å². The average Bonchev–Trinajstić information content (AvgIpc) is 2.96. The van der Waals surface area contributed by atoms with E-state index in [4.69, 9.17) is 10.6 Å². The first kappa shape index (κ1) is 13.5. The van der Waals surface area contributed by atoms with E-state index in [0.717, 1.165) is 24.5 Å². The topological polar surface area (TPSA) is 47.3 Å². The fourth-order valence-corrected chi connectivity index (χ4v) is 3.36. The Labute approximate surface area is 123 Å². The van der Waals surface area contributed by atoms with Crippen LogP contribution in [0, 0.1) is 0 Å². The highest BCUT2D eigenvalue weighted by atomic mass is 32.2. The van der Waals surface area contributed by atoms with Crippen LogP contribution in [-0.2, 0) is 6.42 Å².